The first-order valence-corrected chi connectivity index (χ1v) is 4.82. The number of nitrogen functional groups attached to an aromatic ring is 2. The van der Waals surface area contributed by atoms with Gasteiger partial charge in [0.2, 0.25) is 0 Å². The van der Waals surface area contributed by atoms with E-state index >= 15 is 0 Å². The summed E-state index contributed by atoms with van der Waals surface area (Å²) in [4.78, 5) is 0. The molecule has 0 aliphatic carbocycles. The Hall–Kier alpha value is -1.36. The number of anilines is 2. The van der Waals surface area contributed by atoms with Gasteiger partial charge in [-0.3, -0.25) is 0 Å². The Morgan fingerprint density at radius 3 is 2.50 bits per heavy atom. The van der Waals surface area contributed by atoms with Crippen LogP contribution >= 0.6 is 11.3 Å². The van der Waals surface area contributed by atoms with Gasteiger partial charge in [0.05, 0.1) is 5.69 Å². The predicted molar refractivity (Wildman–Crippen MR) is 55.6 cm³/mol. The summed E-state index contributed by atoms with van der Waals surface area (Å²) in [7, 11) is 0. The Labute approximate surface area is 83.1 Å². The fourth-order valence-corrected chi connectivity index (χ4v) is 2.30. The zero-order chi connectivity index (χ0) is 10.3. The second-order valence-electron chi connectivity index (χ2n) is 2.98. The molecule has 0 bridgehead atoms. The summed E-state index contributed by atoms with van der Waals surface area (Å²) >= 11 is 1.32. The summed E-state index contributed by atoms with van der Waals surface area (Å²) in [5.41, 5.74) is 12.1. The second kappa shape index (κ2) is 3.09. The van der Waals surface area contributed by atoms with Crippen molar-refractivity contribution in [2.75, 3.05) is 11.5 Å². The third kappa shape index (κ3) is 1.29. The molecular weight excluding hydrogens is 206 g/mol. The van der Waals surface area contributed by atoms with Crippen LogP contribution in [0.4, 0.5) is 20.2 Å². The molecule has 0 radical (unpaired) electrons. The van der Waals surface area contributed by atoms with Gasteiger partial charge in [0, 0.05) is 26.7 Å². The molecule has 0 saturated carbocycles. The number of nitrogens with two attached hydrogens (primary N) is 2. The quantitative estimate of drug-likeness (QED) is 0.717. The van der Waals surface area contributed by atoms with Gasteiger partial charge in [0.15, 0.2) is 0 Å². The van der Waals surface area contributed by atoms with Crippen LogP contribution in [0.2, 0.25) is 0 Å². The molecule has 2 aromatic rings. The number of thiophene rings is 1. The highest BCUT2D eigenvalue weighted by atomic mass is 32.1. The van der Waals surface area contributed by atoms with Crippen molar-refractivity contribution >= 4 is 32.8 Å². The number of fused-ring (bicyclic) bond motifs is 1. The molecule has 1 aromatic carbocycles. The summed E-state index contributed by atoms with van der Waals surface area (Å²) in [6.07, 6.45) is -2.50. The molecule has 2 rings (SSSR count). The first kappa shape index (κ1) is 9.21. The molecule has 0 aliphatic heterocycles. The summed E-state index contributed by atoms with van der Waals surface area (Å²) < 4.78 is 25.5. The number of halogens is 2. The van der Waals surface area contributed by atoms with Gasteiger partial charge in [0.25, 0.3) is 6.43 Å². The lowest BCUT2D eigenvalue weighted by atomic mass is 10.1. The Kier molecular flexibility index (Phi) is 2.03. The summed E-state index contributed by atoms with van der Waals surface area (Å²) in [5.74, 6) is 0. The molecule has 5 heteroatoms. The highest BCUT2D eigenvalue weighted by Crippen LogP contribution is 2.36. The topological polar surface area (TPSA) is 52.0 Å². The van der Waals surface area contributed by atoms with Gasteiger partial charge in [-0.15, -0.1) is 11.3 Å². The van der Waals surface area contributed by atoms with Crippen molar-refractivity contribution in [3.63, 3.8) is 0 Å². The van der Waals surface area contributed by atoms with Crippen molar-refractivity contribution in [1.29, 1.82) is 0 Å². The smallest absolute Gasteiger partial charge is 0.263 e. The van der Waals surface area contributed by atoms with Crippen molar-refractivity contribution in [1.82, 2.24) is 0 Å². The van der Waals surface area contributed by atoms with Crippen LogP contribution in [0.3, 0.4) is 0 Å². The van der Waals surface area contributed by atoms with Gasteiger partial charge in [-0.05, 0) is 12.1 Å². The summed E-state index contributed by atoms with van der Waals surface area (Å²) in [6, 6.07) is 2.70. The summed E-state index contributed by atoms with van der Waals surface area (Å²) in [5, 5.41) is 2.38. The maximum absolute atomic E-state index is 12.4. The molecule has 14 heavy (non-hydrogen) atoms. The highest BCUT2D eigenvalue weighted by Gasteiger charge is 2.12. The Morgan fingerprint density at radius 2 is 1.86 bits per heavy atom. The van der Waals surface area contributed by atoms with Crippen LogP contribution in [0, 0.1) is 0 Å². The van der Waals surface area contributed by atoms with E-state index in [0.29, 0.717) is 21.5 Å². The van der Waals surface area contributed by atoms with Crippen molar-refractivity contribution in [2.45, 2.75) is 6.43 Å². The molecule has 0 amide bonds. The molecular formula is C9H8F2N2S. The maximum atomic E-state index is 12.4. The van der Waals surface area contributed by atoms with Crippen LogP contribution < -0.4 is 11.5 Å². The minimum atomic E-state index is -2.50. The molecule has 4 N–H and O–H groups in total. The van der Waals surface area contributed by atoms with Crippen LogP contribution in [-0.4, -0.2) is 0 Å². The average Bonchev–Trinajstić information content (AvgIpc) is 2.48. The van der Waals surface area contributed by atoms with Crippen molar-refractivity contribution in [2.24, 2.45) is 0 Å². The molecule has 74 valence electrons. The van der Waals surface area contributed by atoms with Gasteiger partial charge in [0.1, 0.15) is 0 Å². The monoisotopic (exact) mass is 214 g/mol. The summed E-state index contributed by atoms with van der Waals surface area (Å²) in [6.45, 7) is 0. The molecule has 0 aliphatic rings. The third-order valence-electron chi connectivity index (χ3n) is 2.01. The van der Waals surface area contributed by atoms with E-state index < -0.39 is 6.43 Å². The van der Waals surface area contributed by atoms with E-state index in [1.165, 1.54) is 23.5 Å². The number of hydrogen-bond donors (Lipinski definition) is 2. The van der Waals surface area contributed by atoms with E-state index in [9.17, 15) is 8.78 Å². The van der Waals surface area contributed by atoms with E-state index in [1.54, 1.807) is 5.38 Å². The van der Waals surface area contributed by atoms with Gasteiger partial charge in [-0.1, -0.05) is 0 Å². The Morgan fingerprint density at radius 1 is 1.14 bits per heavy atom. The Balaban J connectivity index is 2.74. The van der Waals surface area contributed by atoms with E-state index in [-0.39, 0.29) is 5.56 Å². The van der Waals surface area contributed by atoms with E-state index in [1.807, 2.05) is 0 Å². The van der Waals surface area contributed by atoms with Crippen LogP contribution in [0.5, 0.6) is 0 Å². The average molecular weight is 214 g/mol. The SMILES string of the molecule is Nc1csc2cc(C(F)F)cc(N)c12. The van der Waals surface area contributed by atoms with Crippen LogP contribution in [0.25, 0.3) is 10.1 Å². The van der Waals surface area contributed by atoms with Gasteiger partial charge in [-0.25, -0.2) is 8.78 Å². The minimum absolute atomic E-state index is 0.0585. The van der Waals surface area contributed by atoms with E-state index in [4.69, 9.17) is 11.5 Å². The molecule has 1 aromatic heterocycles. The van der Waals surface area contributed by atoms with Crippen molar-refractivity contribution < 1.29 is 8.78 Å². The maximum Gasteiger partial charge on any atom is 0.263 e. The van der Waals surface area contributed by atoms with Gasteiger partial charge in [-0.2, -0.15) is 0 Å². The molecule has 2 nitrogen and oxygen atoms in total. The largest absolute Gasteiger partial charge is 0.398 e. The van der Waals surface area contributed by atoms with Crippen LogP contribution in [0.1, 0.15) is 12.0 Å². The normalized spacial score (nSPS) is 11.4. The molecule has 0 atom stereocenters. The minimum Gasteiger partial charge on any atom is -0.398 e. The number of alkyl halides is 2. The lowest BCUT2D eigenvalue weighted by Crippen LogP contribution is -1.92. The zero-order valence-electron chi connectivity index (χ0n) is 7.13. The second-order valence-corrected chi connectivity index (χ2v) is 3.89. The lowest BCUT2D eigenvalue weighted by Gasteiger charge is -2.03. The lowest BCUT2D eigenvalue weighted by molar-refractivity contribution is 0.151. The zero-order valence-corrected chi connectivity index (χ0v) is 7.94. The van der Waals surface area contributed by atoms with E-state index in [2.05, 4.69) is 0 Å². The third-order valence-corrected chi connectivity index (χ3v) is 2.96. The van der Waals surface area contributed by atoms with Crippen molar-refractivity contribution in [3.8, 4) is 0 Å². The Bertz CT molecular complexity index is 479. The molecule has 1 heterocycles. The number of hydrogen-bond acceptors (Lipinski definition) is 3. The molecule has 0 spiro atoms. The fraction of sp³-hybridized carbons (Fsp3) is 0.111. The molecule has 0 saturated heterocycles. The predicted octanol–water partition coefficient (Wildman–Crippen LogP) is 3.00. The molecule has 0 fully saturated rings. The fourth-order valence-electron chi connectivity index (χ4n) is 1.37. The first-order chi connectivity index (χ1) is 6.59. The first-order valence-electron chi connectivity index (χ1n) is 3.94. The van der Waals surface area contributed by atoms with Crippen molar-refractivity contribution in [3.05, 3.63) is 23.1 Å². The van der Waals surface area contributed by atoms with Crippen LogP contribution in [-0.2, 0) is 0 Å². The number of benzene rings is 1. The van der Waals surface area contributed by atoms with Gasteiger partial charge < -0.3 is 11.5 Å². The van der Waals surface area contributed by atoms with Crippen LogP contribution in [0.15, 0.2) is 17.5 Å². The highest BCUT2D eigenvalue weighted by molar-refractivity contribution is 7.18. The standard InChI is InChI=1S/C9H8F2N2S/c10-9(11)4-1-5(12)8-6(13)3-14-7(8)2-4/h1-3,9H,12-13H2. The van der Waals surface area contributed by atoms with E-state index in [0.717, 1.165) is 0 Å². The van der Waals surface area contributed by atoms with Gasteiger partial charge >= 0.3 is 0 Å². The number of rotatable bonds is 1. The molecule has 0 unspecified atom stereocenters.